The Balaban J connectivity index is 3.61. The minimum absolute atomic E-state index is 0.446. The summed E-state index contributed by atoms with van der Waals surface area (Å²) in [5.41, 5.74) is -3.29. The summed E-state index contributed by atoms with van der Waals surface area (Å²) < 4.78 is 39.6. The van der Waals surface area contributed by atoms with E-state index in [-0.39, 0.29) is 0 Å². The number of amides is 1. The molecule has 2 N–H and O–H groups in total. The Hall–Kier alpha value is -2.84. The normalized spacial score (nSPS) is 11.4. The number of anilines is 1. The van der Waals surface area contributed by atoms with Gasteiger partial charge in [-0.3, -0.25) is 9.59 Å². The molecule has 0 bridgehead atoms. The molecule has 0 atom stereocenters. The first-order valence-corrected chi connectivity index (χ1v) is 6.58. The van der Waals surface area contributed by atoms with Crippen LogP contribution < -0.4 is 5.32 Å². The van der Waals surface area contributed by atoms with Crippen LogP contribution in [-0.2, 0) is 11.0 Å². The molecule has 1 aromatic rings. The second kappa shape index (κ2) is 7.16. The molecular weight excluding hydrogens is 329 g/mol. The minimum atomic E-state index is -4.90. The van der Waals surface area contributed by atoms with E-state index < -0.39 is 46.2 Å². The molecule has 1 rings (SSSR count). The number of ketones is 1. The SMILES string of the molecule is CC(=O)Nc1cc(C(F)(F)F)c(C(=O)/C=C/N(C)C)cc1C(=O)O. The fourth-order valence-electron chi connectivity index (χ4n) is 1.81. The lowest BCUT2D eigenvalue weighted by molar-refractivity contribution is -0.137. The topological polar surface area (TPSA) is 86.7 Å². The molecule has 0 radical (unpaired) electrons. The van der Waals surface area contributed by atoms with Gasteiger partial charge in [-0.1, -0.05) is 0 Å². The summed E-state index contributed by atoms with van der Waals surface area (Å²) >= 11 is 0. The molecule has 0 aliphatic rings. The van der Waals surface area contributed by atoms with Crippen molar-refractivity contribution in [2.75, 3.05) is 19.4 Å². The van der Waals surface area contributed by atoms with E-state index >= 15 is 0 Å². The van der Waals surface area contributed by atoms with Crippen LogP contribution in [0.5, 0.6) is 0 Å². The van der Waals surface area contributed by atoms with Gasteiger partial charge in [-0.15, -0.1) is 0 Å². The predicted molar refractivity (Wildman–Crippen MR) is 79.9 cm³/mol. The van der Waals surface area contributed by atoms with Gasteiger partial charge >= 0.3 is 12.1 Å². The molecular formula is C15H15F3N2O4. The van der Waals surface area contributed by atoms with Gasteiger partial charge in [-0.2, -0.15) is 13.2 Å². The first-order chi connectivity index (χ1) is 10.9. The first kappa shape index (κ1) is 19.2. The molecule has 0 aliphatic heterocycles. The summed E-state index contributed by atoms with van der Waals surface area (Å²) in [5, 5.41) is 11.2. The summed E-state index contributed by atoms with van der Waals surface area (Å²) in [6.45, 7) is 1.03. The number of carboxylic acid groups (broad SMARTS) is 1. The molecule has 130 valence electrons. The Morgan fingerprint density at radius 3 is 2.17 bits per heavy atom. The van der Waals surface area contributed by atoms with Crippen LogP contribution in [-0.4, -0.2) is 41.8 Å². The van der Waals surface area contributed by atoms with E-state index in [1.165, 1.54) is 11.1 Å². The quantitative estimate of drug-likeness (QED) is 0.633. The Bertz CT molecular complexity index is 709. The average molecular weight is 344 g/mol. The van der Waals surface area contributed by atoms with Crippen molar-refractivity contribution in [3.05, 3.63) is 41.1 Å². The second-order valence-electron chi connectivity index (χ2n) is 5.07. The number of benzene rings is 1. The Kier molecular flexibility index (Phi) is 5.73. The van der Waals surface area contributed by atoms with Crippen LogP contribution in [0.25, 0.3) is 0 Å². The number of halogens is 3. The van der Waals surface area contributed by atoms with Gasteiger partial charge in [0, 0.05) is 38.9 Å². The monoisotopic (exact) mass is 344 g/mol. The highest BCUT2D eigenvalue weighted by molar-refractivity contribution is 6.09. The number of rotatable bonds is 5. The maximum absolute atomic E-state index is 13.2. The van der Waals surface area contributed by atoms with Crippen molar-refractivity contribution in [3.63, 3.8) is 0 Å². The van der Waals surface area contributed by atoms with E-state index in [1.807, 2.05) is 5.32 Å². The van der Waals surface area contributed by atoms with Gasteiger partial charge in [0.25, 0.3) is 0 Å². The lowest BCUT2D eigenvalue weighted by Crippen LogP contribution is -2.18. The van der Waals surface area contributed by atoms with E-state index in [4.69, 9.17) is 5.11 Å². The number of carbonyl (C=O) groups is 3. The summed E-state index contributed by atoms with van der Waals surface area (Å²) in [6.07, 6.45) is -2.76. The van der Waals surface area contributed by atoms with E-state index in [9.17, 15) is 27.6 Å². The average Bonchev–Trinajstić information content (AvgIpc) is 2.42. The molecule has 0 saturated carbocycles. The lowest BCUT2D eigenvalue weighted by atomic mass is 9.98. The molecule has 0 aromatic heterocycles. The summed E-state index contributed by atoms with van der Waals surface area (Å²) in [5.74, 6) is -3.32. The lowest BCUT2D eigenvalue weighted by Gasteiger charge is -2.16. The van der Waals surface area contributed by atoms with Gasteiger partial charge < -0.3 is 15.3 Å². The van der Waals surface area contributed by atoms with Gasteiger partial charge in [0.1, 0.15) is 0 Å². The maximum Gasteiger partial charge on any atom is 0.417 e. The van der Waals surface area contributed by atoms with E-state index in [2.05, 4.69) is 0 Å². The van der Waals surface area contributed by atoms with E-state index in [0.29, 0.717) is 12.1 Å². The highest BCUT2D eigenvalue weighted by Gasteiger charge is 2.36. The Morgan fingerprint density at radius 1 is 1.17 bits per heavy atom. The molecule has 0 heterocycles. The van der Waals surface area contributed by atoms with Crippen LogP contribution in [0.4, 0.5) is 18.9 Å². The third kappa shape index (κ3) is 4.83. The van der Waals surface area contributed by atoms with E-state index in [1.54, 1.807) is 14.1 Å². The highest BCUT2D eigenvalue weighted by atomic mass is 19.4. The van der Waals surface area contributed by atoms with E-state index in [0.717, 1.165) is 13.0 Å². The standard InChI is InChI=1S/C15H15F3N2O4/c1-8(21)19-12-7-11(15(16,17)18)9(6-10(12)14(23)24)13(22)4-5-20(2)3/h4-7H,1-3H3,(H,19,21)(H,23,24)/b5-4+. The minimum Gasteiger partial charge on any atom is -0.478 e. The van der Waals surface area contributed by atoms with Crippen molar-refractivity contribution < 1.29 is 32.7 Å². The van der Waals surface area contributed by atoms with Crippen molar-refractivity contribution >= 4 is 23.3 Å². The molecule has 6 nitrogen and oxygen atoms in total. The molecule has 0 spiro atoms. The van der Waals surface area contributed by atoms with Crippen LogP contribution in [0.3, 0.4) is 0 Å². The number of carbonyl (C=O) groups excluding carboxylic acids is 2. The number of aromatic carboxylic acids is 1. The Morgan fingerprint density at radius 2 is 1.75 bits per heavy atom. The number of hydrogen-bond acceptors (Lipinski definition) is 4. The molecule has 1 amide bonds. The van der Waals surface area contributed by atoms with Crippen LogP contribution in [0.2, 0.25) is 0 Å². The number of allylic oxidation sites excluding steroid dienone is 1. The zero-order valence-corrected chi connectivity index (χ0v) is 13.1. The predicted octanol–water partition coefficient (Wildman–Crippen LogP) is 2.62. The highest BCUT2D eigenvalue weighted by Crippen LogP contribution is 2.36. The molecule has 1 aromatic carbocycles. The number of nitrogens with one attached hydrogen (secondary N) is 1. The zero-order valence-electron chi connectivity index (χ0n) is 13.1. The van der Waals surface area contributed by atoms with Gasteiger partial charge in [0.05, 0.1) is 16.8 Å². The molecule has 0 saturated heterocycles. The fourth-order valence-corrected chi connectivity index (χ4v) is 1.81. The smallest absolute Gasteiger partial charge is 0.417 e. The van der Waals surface area contributed by atoms with Crippen LogP contribution in [0, 0.1) is 0 Å². The van der Waals surface area contributed by atoms with Gasteiger partial charge in [-0.05, 0) is 12.1 Å². The van der Waals surface area contributed by atoms with Crippen molar-refractivity contribution in [3.8, 4) is 0 Å². The first-order valence-electron chi connectivity index (χ1n) is 6.58. The number of hydrogen-bond donors (Lipinski definition) is 2. The zero-order chi connectivity index (χ0) is 18.7. The summed E-state index contributed by atoms with van der Waals surface area (Å²) in [6, 6.07) is 1.06. The van der Waals surface area contributed by atoms with Crippen molar-refractivity contribution in [2.24, 2.45) is 0 Å². The van der Waals surface area contributed by atoms with Crippen LogP contribution in [0.1, 0.15) is 33.2 Å². The maximum atomic E-state index is 13.2. The molecule has 0 fully saturated rings. The Labute approximate surface area is 135 Å². The van der Waals surface area contributed by atoms with Crippen molar-refractivity contribution in [1.82, 2.24) is 4.90 Å². The molecule has 9 heteroatoms. The van der Waals surface area contributed by atoms with Crippen molar-refractivity contribution in [2.45, 2.75) is 13.1 Å². The van der Waals surface area contributed by atoms with Crippen LogP contribution in [0.15, 0.2) is 24.4 Å². The van der Waals surface area contributed by atoms with Gasteiger partial charge in [0.2, 0.25) is 5.91 Å². The molecule has 0 aliphatic carbocycles. The summed E-state index contributed by atoms with van der Waals surface area (Å²) in [4.78, 5) is 35.8. The molecule has 0 unspecified atom stereocenters. The van der Waals surface area contributed by atoms with Gasteiger partial charge in [0.15, 0.2) is 5.78 Å². The summed E-state index contributed by atoms with van der Waals surface area (Å²) in [7, 11) is 3.13. The number of nitrogens with zero attached hydrogens (tertiary/aromatic N) is 1. The third-order valence-electron chi connectivity index (χ3n) is 2.79. The third-order valence-corrected chi connectivity index (χ3v) is 2.79. The number of alkyl halides is 3. The van der Waals surface area contributed by atoms with Crippen LogP contribution >= 0.6 is 0 Å². The molecule has 24 heavy (non-hydrogen) atoms. The number of carboxylic acids is 1. The largest absolute Gasteiger partial charge is 0.478 e. The fraction of sp³-hybridized carbons (Fsp3) is 0.267. The second-order valence-corrected chi connectivity index (χ2v) is 5.07. The van der Waals surface area contributed by atoms with Crippen molar-refractivity contribution in [1.29, 1.82) is 0 Å². The van der Waals surface area contributed by atoms with Gasteiger partial charge in [-0.25, -0.2) is 4.79 Å².